The van der Waals surface area contributed by atoms with Gasteiger partial charge in [0.2, 0.25) is 0 Å². The molecule has 1 fully saturated rings. The lowest BCUT2D eigenvalue weighted by Gasteiger charge is -2.29. The minimum absolute atomic E-state index is 0.119. The molecule has 4 rings (SSSR count). The molecule has 2 aliphatic heterocycles. The van der Waals surface area contributed by atoms with E-state index < -0.39 is 0 Å². The number of carbonyl (C=O) groups is 2. The molecule has 2 aromatic carbocycles. The zero-order chi connectivity index (χ0) is 22.7. The van der Waals surface area contributed by atoms with Gasteiger partial charge in [-0.25, -0.2) is 4.39 Å². The van der Waals surface area contributed by atoms with Crippen LogP contribution in [0.1, 0.15) is 44.2 Å². The standard InChI is InChI=1S/C26H29FN2O3/c1-18(2)17-32-22-12-8-20(9-13-22)23-24(28-14-4-3-5-15-28)26(31)29(25(23)30)16-19-6-10-21(27)11-7-19/h6-13,18H,3-5,14-17H2,1-2H3. The normalized spacial score (nSPS) is 17.0. The van der Waals surface area contributed by atoms with Gasteiger partial charge in [0.15, 0.2) is 0 Å². The molecule has 32 heavy (non-hydrogen) atoms. The molecule has 0 spiro atoms. The highest BCUT2D eigenvalue weighted by Gasteiger charge is 2.41. The molecule has 0 saturated carbocycles. The maximum absolute atomic E-state index is 13.5. The van der Waals surface area contributed by atoms with Gasteiger partial charge < -0.3 is 9.64 Å². The van der Waals surface area contributed by atoms with Gasteiger partial charge in [-0.2, -0.15) is 0 Å². The summed E-state index contributed by atoms with van der Waals surface area (Å²) in [7, 11) is 0. The number of nitrogens with zero attached hydrogens (tertiary/aromatic N) is 2. The van der Waals surface area contributed by atoms with Crippen LogP contribution < -0.4 is 4.74 Å². The van der Waals surface area contributed by atoms with Crippen LogP contribution in [0.5, 0.6) is 5.75 Å². The molecule has 2 heterocycles. The third kappa shape index (κ3) is 4.69. The van der Waals surface area contributed by atoms with Crippen molar-refractivity contribution in [3.8, 4) is 5.75 Å². The molecule has 168 valence electrons. The van der Waals surface area contributed by atoms with Gasteiger partial charge in [0.25, 0.3) is 11.8 Å². The SMILES string of the molecule is CC(C)COc1ccc(C2=C(N3CCCCC3)C(=O)N(Cc3ccc(F)cc3)C2=O)cc1. The van der Waals surface area contributed by atoms with Crippen LogP contribution >= 0.6 is 0 Å². The summed E-state index contributed by atoms with van der Waals surface area (Å²) in [6.07, 6.45) is 3.12. The number of hydrogen-bond acceptors (Lipinski definition) is 4. The van der Waals surface area contributed by atoms with E-state index in [2.05, 4.69) is 13.8 Å². The van der Waals surface area contributed by atoms with E-state index in [-0.39, 0.29) is 24.2 Å². The molecule has 0 unspecified atom stereocenters. The summed E-state index contributed by atoms with van der Waals surface area (Å²) >= 11 is 0. The molecule has 0 atom stereocenters. The first-order valence-corrected chi connectivity index (χ1v) is 11.3. The van der Waals surface area contributed by atoms with Crippen molar-refractivity contribution in [2.24, 2.45) is 5.92 Å². The summed E-state index contributed by atoms with van der Waals surface area (Å²) in [5.74, 6) is 0.215. The Bertz CT molecular complexity index is 1010. The zero-order valence-electron chi connectivity index (χ0n) is 18.6. The second-order valence-corrected chi connectivity index (χ2v) is 8.82. The van der Waals surface area contributed by atoms with Crippen LogP contribution in [-0.2, 0) is 16.1 Å². The summed E-state index contributed by atoms with van der Waals surface area (Å²) in [5, 5.41) is 0. The number of ether oxygens (including phenoxy) is 1. The average Bonchev–Trinajstić information content (AvgIpc) is 3.04. The number of hydrogen-bond donors (Lipinski definition) is 0. The Kier molecular flexibility index (Phi) is 6.58. The largest absolute Gasteiger partial charge is 0.493 e. The lowest BCUT2D eigenvalue weighted by atomic mass is 10.0. The number of halogens is 1. The third-order valence-corrected chi connectivity index (χ3v) is 5.80. The van der Waals surface area contributed by atoms with Crippen molar-refractivity contribution in [2.45, 2.75) is 39.7 Å². The first kappa shape index (κ1) is 22.1. The number of imide groups is 1. The Morgan fingerprint density at radius 2 is 1.56 bits per heavy atom. The fraction of sp³-hybridized carbons (Fsp3) is 0.385. The molecule has 0 aromatic heterocycles. The van der Waals surface area contributed by atoms with Gasteiger partial charge in [0.05, 0.1) is 18.7 Å². The summed E-state index contributed by atoms with van der Waals surface area (Å²) in [5.41, 5.74) is 2.34. The smallest absolute Gasteiger partial charge is 0.278 e. The Morgan fingerprint density at radius 1 is 0.906 bits per heavy atom. The fourth-order valence-corrected chi connectivity index (χ4v) is 4.13. The maximum atomic E-state index is 13.5. The van der Waals surface area contributed by atoms with Gasteiger partial charge >= 0.3 is 0 Å². The highest BCUT2D eigenvalue weighted by atomic mass is 19.1. The molecule has 2 aliphatic rings. The van der Waals surface area contributed by atoms with E-state index in [1.165, 1.54) is 17.0 Å². The molecule has 6 heteroatoms. The molecule has 1 saturated heterocycles. The first-order valence-electron chi connectivity index (χ1n) is 11.3. The average molecular weight is 437 g/mol. The van der Waals surface area contributed by atoms with E-state index in [1.54, 1.807) is 12.1 Å². The molecular weight excluding hydrogens is 407 g/mol. The van der Waals surface area contributed by atoms with E-state index in [9.17, 15) is 14.0 Å². The number of benzene rings is 2. The number of piperidine rings is 1. The van der Waals surface area contributed by atoms with Crippen LogP contribution in [-0.4, -0.2) is 41.3 Å². The number of amides is 2. The van der Waals surface area contributed by atoms with Crippen molar-refractivity contribution >= 4 is 17.4 Å². The van der Waals surface area contributed by atoms with Crippen LogP contribution in [0.3, 0.4) is 0 Å². The topological polar surface area (TPSA) is 49.9 Å². The summed E-state index contributed by atoms with van der Waals surface area (Å²) < 4.78 is 19.1. The van der Waals surface area contributed by atoms with Gasteiger partial charge in [-0.3, -0.25) is 14.5 Å². The van der Waals surface area contributed by atoms with Gasteiger partial charge in [0, 0.05) is 13.1 Å². The van der Waals surface area contributed by atoms with Crippen molar-refractivity contribution in [1.29, 1.82) is 0 Å². The summed E-state index contributed by atoms with van der Waals surface area (Å²) in [6, 6.07) is 13.3. The van der Waals surface area contributed by atoms with Crippen LogP contribution in [0.25, 0.3) is 5.57 Å². The third-order valence-electron chi connectivity index (χ3n) is 5.80. The van der Waals surface area contributed by atoms with Crippen molar-refractivity contribution in [3.63, 3.8) is 0 Å². The molecule has 2 amide bonds. The van der Waals surface area contributed by atoms with Gasteiger partial charge in [-0.05, 0) is 60.6 Å². The lowest BCUT2D eigenvalue weighted by molar-refractivity contribution is -0.138. The van der Waals surface area contributed by atoms with Gasteiger partial charge in [-0.1, -0.05) is 38.1 Å². The van der Waals surface area contributed by atoms with Gasteiger partial charge in [0.1, 0.15) is 17.3 Å². The highest BCUT2D eigenvalue weighted by molar-refractivity contribution is 6.35. The Hall–Kier alpha value is -3.15. The van der Waals surface area contributed by atoms with E-state index in [1.807, 2.05) is 29.2 Å². The molecular formula is C26H29FN2O3. The highest BCUT2D eigenvalue weighted by Crippen LogP contribution is 2.34. The van der Waals surface area contributed by atoms with Crippen LogP contribution in [0.2, 0.25) is 0 Å². The monoisotopic (exact) mass is 436 g/mol. The van der Waals surface area contributed by atoms with Crippen LogP contribution in [0, 0.1) is 11.7 Å². The summed E-state index contributed by atoms with van der Waals surface area (Å²) in [4.78, 5) is 30.2. The first-order chi connectivity index (χ1) is 15.4. The predicted molar refractivity (Wildman–Crippen MR) is 121 cm³/mol. The molecule has 0 aliphatic carbocycles. The quantitative estimate of drug-likeness (QED) is 0.594. The van der Waals surface area contributed by atoms with E-state index in [4.69, 9.17) is 4.74 Å². The molecule has 0 N–H and O–H groups in total. The Labute approximate surface area is 188 Å². The Morgan fingerprint density at radius 3 is 2.19 bits per heavy atom. The van der Waals surface area contributed by atoms with E-state index in [0.29, 0.717) is 34.9 Å². The summed E-state index contributed by atoms with van der Waals surface area (Å²) in [6.45, 7) is 6.43. The van der Waals surface area contributed by atoms with Crippen molar-refractivity contribution in [3.05, 3.63) is 71.2 Å². The van der Waals surface area contributed by atoms with Crippen molar-refractivity contribution in [1.82, 2.24) is 9.80 Å². The van der Waals surface area contributed by atoms with Crippen LogP contribution in [0.15, 0.2) is 54.2 Å². The molecule has 2 aromatic rings. The predicted octanol–water partition coefficient (Wildman–Crippen LogP) is 4.63. The zero-order valence-corrected chi connectivity index (χ0v) is 18.6. The molecule has 5 nitrogen and oxygen atoms in total. The Balaban J connectivity index is 1.65. The number of likely N-dealkylation sites (tertiary alicyclic amines) is 1. The van der Waals surface area contributed by atoms with E-state index in [0.717, 1.165) is 38.1 Å². The minimum atomic E-state index is -0.347. The molecule has 0 bridgehead atoms. The second kappa shape index (κ2) is 9.55. The van der Waals surface area contributed by atoms with Crippen molar-refractivity contribution < 1.29 is 18.7 Å². The second-order valence-electron chi connectivity index (χ2n) is 8.82. The van der Waals surface area contributed by atoms with Crippen LogP contribution in [0.4, 0.5) is 4.39 Å². The van der Waals surface area contributed by atoms with Crippen molar-refractivity contribution in [2.75, 3.05) is 19.7 Å². The maximum Gasteiger partial charge on any atom is 0.278 e. The number of carbonyl (C=O) groups excluding carboxylic acids is 2. The van der Waals surface area contributed by atoms with Gasteiger partial charge in [-0.15, -0.1) is 0 Å². The lowest BCUT2D eigenvalue weighted by Crippen LogP contribution is -2.36. The molecule has 0 radical (unpaired) electrons. The number of rotatable bonds is 7. The minimum Gasteiger partial charge on any atom is -0.493 e. The fourth-order valence-electron chi connectivity index (χ4n) is 4.13. The van der Waals surface area contributed by atoms with E-state index >= 15 is 0 Å².